The Balaban J connectivity index is 1.17. The van der Waals surface area contributed by atoms with E-state index in [0.717, 1.165) is 43.2 Å². The van der Waals surface area contributed by atoms with Crippen LogP contribution in [0.25, 0.3) is 0 Å². The van der Waals surface area contributed by atoms with E-state index < -0.39 is 35.1 Å². The molecule has 0 bridgehead atoms. The first kappa shape index (κ1) is 32.3. The minimum absolute atomic E-state index is 0.00599. The van der Waals surface area contributed by atoms with Crippen LogP contribution in [0.1, 0.15) is 83.6 Å². The molecule has 3 N–H and O–H groups in total. The van der Waals surface area contributed by atoms with E-state index in [-0.39, 0.29) is 41.3 Å². The lowest BCUT2D eigenvalue weighted by atomic mass is 9.41. The summed E-state index contributed by atoms with van der Waals surface area (Å²) in [5.41, 5.74) is -0.871. The van der Waals surface area contributed by atoms with E-state index in [1.165, 1.54) is 0 Å². The molecule has 0 amide bonds. The zero-order valence-corrected chi connectivity index (χ0v) is 27.3. The smallest absolute Gasteiger partial charge is 0.331 e. The molecule has 2 aliphatic heterocycles. The summed E-state index contributed by atoms with van der Waals surface area (Å²) in [5, 5.41) is 36.0. The molecule has 252 valence electrons. The Bertz CT molecular complexity index is 1360. The number of aliphatic imine (C=N–C) groups is 1. The van der Waals surface area contributed by atoms with Crippen molar-refractivity contribution in [2.75, 3.05) is 13.7 Å². The topological polar surface area (TPSA) is 140 Å². The van der Waals surface area contributed by atoms with Crippen LogP contribution in [0.2, 0.25) is 0 Å². The predicted molar refractivity (Wildman–Crippen MR) is 169 cm³/mol. The third kappa shape index (κ3) is 5.10. The van der Waals surface area contributed by atoms with Gasteiger partial charge in [0, 0.05) is 55.5 Å². The Morgan fingerprint density at radius 3 is 2.61 bits per heavy atom. The van der Waals surface area contributed by atoms with Crippen molar-refractivity contribution >= 4 is 12.2 Å². The zero-order chi connectivity index (χ0) is 32.3. The molecule has 1 aromatic rings. The summed E-state index contributed by atoms with van der Waals surface area (Å²) in [4.78, 5) is 21.1. The molecule has 0 spiro atoms. The lowest BCUT2D eigenvalue weighted by Gasteiger charge is -2.66. The van der Waals surface area contributed by atoms with Gasteiger partial charge < -0.3 is 34.3 Å². The fourth-order valence-electron chi connectivity index (χ4n) is 10.8. The molecule has 10 heteroatoms. The molecule has 12 atom stereocenters. The normalized spacial score (nSPS) is 47.2. The van der Waals surface area contributed by atoms with Crippen LogP contribution in [0.4, 0.5) is 0 Å². The van der Waals surface area contributed by atoms with Gasteiger partial charge in [0.2, 0.25) is 0 Å². The van der Waals surface area contributed by atoms with E-state index in [4.69, 9.17) is 23.9 Å². The maximum absolute atomic E-state index is 12.8. The molecule has 0 aromatic carbocycles. The van der Waals surface area contributed by atoms with Gasteiger partial charge in [-0.25, -0.2) is 4.79 Å². The Labute approximate surface area is 271 Å². The fourth-order valence-corrected chi connectivity index (χ4v) is 10.8. The summed E-state index contributed by atoms with van der Waals surface area (Å²) >= 11 is 0. The third-order valence-corrected chi connectivity index (χ3v) is 13.3. The Morgan fingerprint density at radius 2 is 1.87 bits per heavy atom. The number of methoxy groups -OCH3 is 1. The number of ether oxygens (including phenoxy) is 4. The first-order chi connectivity index (χ1) is 22.0. The largest absolute Gasteiger partial charge is 0.458 e. The number of nitrogens with zero attached hydrogens (tertiary/aromatic N) is 2. The summed E-state index contributed by atoms with van der Waals surface area (Å²) < 4.78 is 23.4. The summed E-state index contributed by atoms with van der Waals surface area (Å²) in [7, 11) is 1.60. The highest BCUT2D eigenvalue weighted by molar-refractivity contribution is 5.85. The van der Waals surface area contributed by atoms with Crippen LogP contribution < -0.4 is 0 Å². The molecule has 0 unspecified atom stereocenters. The van der Waals surface area contributed by atoms with Crippen molar-refractivity contribution in [1.29, 1.82) is 0 Å². The summed E-state index contributed by atoms with van der Waals surface area (Å²) in [6.45, 7) is 4.87. The molecule has 0 radical (unpaired) electrons. The standard InChI is InChI=1S/C36H50N2O8/c1-22-32(40)29(43-3)17-31(45-22)46-25-4-11-34(21-38-19-23-8-14-37-15-9-23)27-5-10-33(2)26(24-16-30(39)44-20-24)7-13-36(33,42)28(27)6-12-35(34,41)18-25/h8-9,14-16,21-22,25-29,31-32,40-42H,4-7,10-13,17-20H2,1-3H3/t22-,25+,26+,27-,28-,29-,31+,32-,33+,34-,35+,36+/m1/s1. The lowest BCUT2D eigenvalue weighted by molar-refractivity contribution is -0.284. The number of hydrogen-bond acceptors (Lipinski definition) is 10. The van der Waals surface area contributed by atoms with Crippen molar-refractivity contribution in [2.45, 2.75) is 127 Å². The lowest BCUT2D eigenvalue weighted by Crippen LogP contribution is -2.69. The Kier molecular flexibility index (Phi) is 8.46. The third-order valence-electron chi connectivity index (χ3n) is 13.3. The van der Waals surface area contributed by atoms with Gasteiger partial charge in [0.15, 0.2) is 6.29 Å². The fraction of sp³-hybridized carbons (Fsp3) is 0.750. The molecule has 5 fully saturated rings. The number of rotatable bonds is 7. The van der Waals surface area contributed by atoms with E-state index in [1.54, 1.807) is 25.6 Å². The molecule has 7 rings (SSSR count). The number of esters is 1. The van der Waals surface area contributed by atoms with Gasteiger partial charge in [-0.05, 0) is 99.3 Å². The van der Waals surface area contributed by atoms with Crippen molar-refractivity contribution in [3.8, 4) is 0 Å². The van der Waals surface area contributed by atoms with Crippen LogP contribution in [0.3, 0.4) is 0 Å². The van der Waals surface area contributed by atoms with Crippen LogP contribution in [0, 0.1) is 28.6 Å². The number of pyridine rings is 1. The summed E-state index contributed by atoms with van der Waals surface area (Å²) in [6.07, 6.45) is 11.8. The molecule has 6 aliphatic rings. The number of aliphatic hydroxyl groups excluding tert-OH is 1. The molecular formula is C36H50N2O8. The number of fused-ring (bicyclic) bond motifs is 5. The van der Waals surface area contributed by atoms with Gasteiger partial charge in [0.25, 0.3) is 0 Å². The van der Waals surface area contributed by atoms with Crippen LogP contribution in [-0.2, 0) is 30.3 Å². The minimum atomic E-state index is -1.06. The molecule has 4 saturated carbocycles. The van der Waals surface area contributed by atoms with Crippen LogP contribution in [0.5, 0.6) is 0 Å². The summed E-state index contributed by atoms with van der Waals surface area (Å²) in [6, 6.07) is 3.93. The molecule has 1 aromatic heterocycles. The molecule has 10 nitrogen and oxygen atoms in total. The number of hydrogen-bond donors (Lipinski definition) is 3. The Hall–Kier alpha value is -2.21. The van der Waals surface area contributed by atoms with E-state index in [1.807, 2.05) is 19.1 Å². The highest BCUT2D eigenvalue weighted by atomic mass is 16.7. The predicted octanol–water partition coefficient (Wildman–Crippen LogP) is 3.90. The Morgan fingerprint density at radius 1 is 1.09 bits per heavy atom. The monoisotopic (exact) mass is 638 g/mol. The first-order valence-corrected chi connectivity index (χ1v) is 17.3. The van der Waals surface area contributed by atoms with Crippen molar-refractivity contribution in [3.05, 3.63) is 41.7 Å². The van der Waals surface area contributed by atoms with E-state index in [2.05, 4.69) is 18.1 Å². The highest BCUT2D eigenvalue weighted by Crippen LogP contribution is 2.70. The number of cyclic esters (lactones) is 1. The van der Waals surface area contributed by atoms with Gasteiger partial charge in [-0.3, -0.25) is 9.98 Å². The molecule has 46 heavy (non-hydrogen) atoms. The number of aromatic nitrogens is 1. The van der Waals surface area contributed by atoms with Crippen LogP contribution in [-0.4, -0.2) is 88.1 Å². The summed E-state index contributed by atoms with van der Waals surface area (Å²) in [5.74, 6) is -0.111. The van der Waals surface area contributed by atoms with Crippen molar-refractivity contribution in [3.63, 3.8) is 0 Å². The SMILES string of the molecule is CO[C@@H]1C[C@H](O[C@H]2CC[C@@]3(C=NCc4ccncc4)[C@@H]4CC[C@@]5(C)[C@H](C6=CC(=O)OC6)CC[C@]5(O)[C@@H]4CC[C@]3(O)C2)O[C@H](C)[C@H]1O. The van der Waals surface area contributed by atoms with Crippen LogP contribution >= 0.6 is 0 Å². The quantitative estimate of drug-likeness (QED) is 0.231. The van der Waals surface area contributed by atoms with Gasteiger partial charge in [-0.2, -0.15) is 0 Å². The second kappa shape index (κ2) is 12.0. The van der Waals surface area contributed by atoms with Gasteiger partial charge in [-0.1, -0.05) is 6.92 Å². The van der Waals surface area contributed by atoms with Crippen molar-refractivity contribution in [1.82, 2.24) is 4.98 Å². The first-order valence-electron chi connectivity index (χ1n) is 17.3. The van der Waals surface area contributed by atoms with E-state index in [0.29, 0.717) is 45.3 Å². The second-order valence-electron chi connectivity index (χ2n) is 15.2. The molecule has 1 saturated heterocycles. The average molecular weight is 639 g/mol. The molecule has 4 aliphatic carbocycles. The van der Waals surface area contributed by atoms with Crippen molar-refractivity contribution < 1.29 is 39.1 Å². The zero-order valence-electron chi connectivity index (χ0n) is 27.3. The number of aliphatic hydroxyl groups is 3. The van der Waals surface area contributed by atoms with Crippen molar-refractivity contribution in [2.24, 2.45) is 33.6 Å². The van der Waals surface area contributed by atoms with Crippen LogP contribution in [0.15, 0.2) is 41.2 Å². The number of carbonyl (C=O) groups excluding carboxylic acids is 1. The van der Waals surface area contributed by atoms with Gasteiger partial charge >= 0.3 is 5.97 Å². The maximum Gasteiger partial charge on any atom is 0.331 e. The molecular weight excluding hydrogens is 588 g/mol. The van der Waals surface area contributed by atoms with Gasteiger partial charge in [-0.15, -0.1) is 0 Å². The number of carbonyl (C=O) groups is 1. The minimum Gasteiger partial charge on any atom is -0.458 e. The van der Waals surface area contributed by atoms with E-state index >= 15 is 0 Å². The molecule has 3 heterocycles. The van der Waals surface area contributed by atoms with Gasteiger partial charge in [0.05, 0.1) is 36.1 Å². The van der Waals surface area contributed by atoms with E-state index in [9.17, 15) is 20.1 Å². The van der Waals surface area contributed by atoms with Gasteiger partial charge in [0.1, 0.15) is 12.7 Å². The highest BCUT2D eigenvalue weighted by Gasteiger charge is 2.71. The average Bonchev–Trinajstić information content (AvgIpc) is 3.58. The maximum atomic E-state index is 12.8. The second-order valence-corrected chi connectivity index (χ2v) is 15.2.